The first-order chi connectivity index (χ1) is 16.8. The molecule has 0 fully saturated rings. The van der Waals surface area contributed by atoms with Crippen LogP contribution in [0.5, 0.6) is 5.75 Å². The molecule has 35 heavy (non-hydrogen) atoms. The number of fused-ring (bicyclic) bond motifs is 2. The summed E-state index contributed by atoms with van der Waals surface area (Å²) in [5.74, 6) is 0.728. The maximum Gasteiger partial charge on any atom is 0.281 e. The molecule has 0 aliphatic rings. The Morgan fingerprint density at radius 1 is 1.26 bits per heavy atom. The number of hydrogen-bond acceptors (Lipinski definition) is 7. The van der Waals surface area contributed by atoms with Crippen molar-refractivity contribution in [3.8, 4) is 5.75 Å². The Labute approximate surface area is 216 Å². The Kier molecular flexibility index (Phi) is 10.8. The average molecular weight is 543 g/mol. The van der Waals surface area contributed by atoms with Gasteiger partial charge in [-0.15, -0.1) is 11.3 Å². The van der Waals surface area contributed by atoms with Gasteiger partial charge in [0, 0.05) is 34.7 Å². The van der Waals surface area contributed by atoms with Crippen LogP contribution >= 0.6 is 22.9 Å². The van der Waals surface area contributed by atoms with E-state index in [0.29, 0.717) is 17.3 Å². The van der Waals surface area contributed by atoms with E-state index in [1.54, 1.807) is 23.7 Å². The molecule has 4 rings (SSSR count). The maximum atomic E-state index is 13.0. The van der Waals surface area contributed by atoms with Crippen LogP contribution in [0.3, 0.4) is 0 Å². The van der Waals surface area contributed by atoms with Crippen LogP contribution in [0.15, 0.2) is 34.8 Å². The van der Waals surface area contributed by atoms with Crippen molar-refractivity contribution in [2.45, 2.75) is 39.6 Å². The third-order valence-electron chi connectivity index (χ3n) is 5.16. The molecule has 194 valence electrons. The summed E-state index contributed by atoms with van der Waals surface area (Å²) in [6.45, 7) is 13.5. The van der Waals surface area contributed by atoms with Crippen molar-refractivity contribution in [1.29, 1.82) is 0 Å². The molecule has 9 nitrogen and oxygen atoms in total. The van der Waals surface area contributed by atoms with E-state index in [2.05, 4.69) is 39.2 Å². The summed E-state index contributed by atoms with van der Waals surface area (Å²) < 4.78 is 36.2. The van der Waals surface area contributed by atoms with E-state index >= 15 is 0 Å². The fourth-order valence-corrected chi connectivity index (χ4v) is 6.06. The van der Waals surface area contributed by atoms with Crippen molar-refractivity contribution < 1.29 is 13.2 Å². The van der Waals surface area contributed by atoms with E-state index in [1.807, 2.05) is 26.8 Å². The number of nitrogens with one attached hydrogen (secondary N) is 2. The van der Waals surface area contributed by atoms with E-state index < -0.39 is 10.0 Å². The Morgan fingerprint density at radius 2 is 1.94 bits per heavy atom. The molecule has 0 spiro atoms. The molecule has 0 radical (unpaired) electrons. The van der Waals surface area contributed by atoms with Gasteiger partial charge in [0.05, 0.1) is 5.69 Å². The van der Waals surface area contributed by atoms with Gasteiger partial charge in [0.1, 0.15) is 12.4 Å². The molecule has 0 aliphatic heterocycles. The average Bonchev–Trinajstić information content (AvgIpc) is 3.51. The predicted molar refractivity (Wildman–Crippen MR) is 147 cm³/mol. The molecule has 3 aromatic heterocycles. The van der Waals surface area contributed by atoms with Crippen LogP contribution in [0.1, 0.15) is 33.4 Å². The number of nitrogens with two attached hydrogens (primary N) is 1. The minimum Gasteiger partial charge on any atom is -0.490 e. The van der Waals surface area contributed by atoms with Crippen LogP contribution < -0.4 is 15.2 Å². The van der Waals surface area contributed by atoms with Gasteiger partial charge in [0.15, 0.2) is 15.1 Å². The predicted octanol–water partition coefficient (Wildman–Crippen LogP) is 4.96. The zero-order valence-corrected chi connectivity index (χ0v) is 23.4. The minimum atomic E-state index is -3.94. The molecule has 0 unspecified atom stereocenters. The summed E-state index contributed by atoms with van der Waals surface area (Å²) in [5.41, 5.74) is 6.69. The molecule has 4 aromatic rings. The normalized spacial score (nSPS) is 11.2. The van der Waals surface area contributed by atoms with E-state index in [4.69, 9.17) is 16.3 Å². The lowest BCUT2D eigenvalue weighted by Gasteiger charge is -2.18. The number of H-pyrrole nitrogens is 1. The number of hydrogen-bond donors (Lipinski definition) is 3. The SMILES string of the molecule is CC.CCN(CC)CCOc1c(C)[nH]c2ccc(NS(=O)(=O)c3c(Cl)nc4sccn34)cc12.CN. The number of rotatable bonds is 9. The maximum absolute atomic E-state index is 13.0. The topological polar surface area (TPSA) is 118 Å². The molecule has 0 bridgehead atoms. The minimum absolute atomic E-state index is 0.0571. The second-order valence-corrected chi connectivity index (χ2v) is 9.91. The van der Waals surface area contributed by atoms with E-state index in [-0.39, 0.29) is 10.2 Å². The van der Waals surface area contributed by atoms with E-state index in [1.165, 1.54) is 22.8 Å². The lowest BCUT2D eigenvalue weighted by molar-refractivity contribution is 0.223. The van der Waals surface area contributed by atoms with Gasteiger partial charge in [-0.1, -0.05) is 39.3 Å². The summed E-state index contributed by atoms with van der Waals surface area (Å²) in [7, 11) is -2.44. The molecule has 0 amide bonds. The number of ether oxygens (including phenoxy) is 1. The second kappa shape index (κ2) is 13.1. The van der Waals surface area contributed by atoms with Crippen molar-refractivity contribution in [3.05, 3.63) is 40.6 Å². The Balaban J connectivity index is 0.00000103. The zero-order valence-electron chi connectivity index (χ0n) is 21.1. The molecular weight excluding hydrogens is 508 g/mol. The van der Waals surface area contributed by atoms with Gasteiger partial charge in [-0.05, 0) is 45.3 Å². The summed E-state index contributed by atoms with van der Waals surface area (Å²) in [6, 6.07) is 5.30. The summed E-state index contributed by atoms with van der Waals surface area (Å²) >= 11 is 7.43. The zero-order chi connectivity index (χ0) is 26.2. The number of benzene rings is 1. The van der Waals surface area contributed by atoms with Crippen molar-refractivity contribution in [2.24, 2.45) is 5.73 Å². The number of likely N-dealkylation sites (N-methyl/N-ethyl adjacent to an activating group) is 1. The summed E-state index contributed by atoms with van der Waals surface area (Å²) in [6.07, 6.45) is 1.63. The molecular formula is C23H35ClN6O3S2. The van der Waals surface area contributed by atoms with Crippen molar-refractivity contribution in [2.75, 3.05) is 38.0 Å². The Bertz CT molecular complexity index is 1330. The van der Waals surface area contributed by atoms with Crippen LogP contribution in [0, 0.1) is 6.92 Å². The molecule has 3 heterocycles. The van der Waals surface area contributed by atoms with Crippen LogP contribution in [-0.2, 0) is 10.0 Å². The number of sulfonamides is 1. The highest BCUT2D eigenvalue weighted by Crippen LogP contribution is 2.33. The number of anilines is 1. The highest BCUT2D eigenvalue weighted by molar-refractivity contribution is 7.92. The molecule has 0 aliphatic carbocycles. The number of thiazole rings is 1. The second-order valence-electron chi connectivity index (χ2n) is 7.08. The van der Waals surface area contributed by atoms with E-state index in [9.17, 15) is 8.42 Å². The third kappa shape index (κ3) is 6.47. The first-order valence-corrected chi connectivity index (χ1v) is 14.3. The smallest absolute Gasteiger partial charge is 0.281 e. The largest absolute Gasteiger partial charge is 0.490 e. The molecule has 4 N–H and O–H groups in total. The summed E-state index contributed by atoms with van der Waals surface area (Å²) in [5, 5.41) is 2.44. The first-order valence-electron chi connectivity index (χ1n) is 11.5. The van der Waals surface area contributed by atoms with Gasteiger partial charge >= 0.3 is 0 Å². The van der Waals surface area contributed by atoms with Gasteiger partial charge in [0.2, 0.25) is 0 Å². The van der Waals surface area contributed by atoms with Gasteiger partial charge in [0.25, 0.3) is 10.0 Å². The van der Waals surface area contributed by atoms with Crippen LogP contribution in [0.2, 0.25) is 5.15 Å². The van der Waals surface area contributed by atoms with Gasteiger partial charge < -0.3 is 20.4 Å². The number of imidazole rings is 1. The lowest BCUT2D eigenvalue weighted by atomic mass is 10.2. The highest BCUT2D eigenvalue weighted by Gasteiger charge is 2.25. The molecule has 12 heteroatoms. The highest BCUT2D eigenvalue weighted by atomic mass is 35.5. The number of nitrogens with zero attached hydrogens (tertiary/aromatic N) is 3. The fourth-order valence-electron chi connectivity index (χ4n) is 3.55. The van der Waals surface area contributed by atoms with Gasteiger partial charge in [-0.2, -0.15) is 8.42 Å². The Morgan fingerprint density at radius 3 is 2.60 bits per heavy atom. The third-order valence-corrected chi connectivity index (χ3v) is 7.70. The van der Waals surface area contributed by atoms with Crippen LogP contribution in [0.25, 0.3) is 15.9 Å². The van der Waals surface area contributed by atoms with Crippen LogP contribution in [0.4, 0.5) is 5.69 Å². The fraction of sp³-hybridized carbons (Fsp3) is 0.435. The van der Waals surface area contributed by atoms with Crippen LogP contribution in [-0.4, -0.2) is 61.0 Å². The number of halogens is 1. The molecule has 0 saturated carbocycles. The van der Waals surface area contributed by atoms with Gasteiger partial charge in [-0.3, -0.25) is 9.12 Å². The lowest BCUT2D eigenvalue weighted by Crippen LogP contribution is -2.27. The van der Waals surface area contributed by atoms with Crippen molar-refractivity contribution in [3.63, 3.8) is 0 Å². The number of aromatic amines is 1. The quantitative estimate of drug-likeness (QED) is 0.275. The van der Waals surface area contributed by atoms with E-state index in [0.717, 1.165) is 42.0 Å². The number of aryl methyl sites for hydroxylation is 1. The number of aromatic nitrogens is 3. The first kappa shape index (κ1) is 28.9. The van der Waals surface area contributed by atoms with Crippen molar-refractivity contribution in [1.82, 2.24) is 19.3 Å². The molecule has 0 saturated heterocycles. The molecule has 0 atom stereocenters. The monoisotopic (exact) mass is 542 g/mol. The molecule has 1 aromatic carbocycles. The Hall–Kier alpha value is -2.31. The standard InChI is InChI=1S/C20H24ClN5O3S2.C2H6.CH5N/c1-4-25(5-2)8-10-29-17-13(3)22-16-7-6-14(12-15(16)17)24-31(27,28)19-18(21)23-20-26(19)9-11-30-20;2*1-2/h6-7,9,11-12,22,24H,4-5,8,10H2,1-3H3;1-2H3;2H2,1H3. The van der Waals surface area contributed by atoms with Crippen molar-refractivity contribution >= 4 is 54.5 Å². The van der Waals surface area contributed by atoms with Gasteiger partial charge in [-0.25, -0.2) is 4.98 Å². The summed E-state index contributed by atoms with van der Waals surface area (Å²) in [4.78, 5) is 10.2.